The molecule has 13 heteroatoms. The molecular formula is C30H42ClN7O4S. The number of nitrogens with one attached hydrogen (secondary N) is 4. The number of benzene rings is 1. The van der Waals surface area contributed by atoms with Gasteiger partial charge in [-0.05, 0) is 75.6 Å². The molecule has 2 heterocycles. The Kier molecular flexibility index (Phi) is 10.2. The van der Waals surface area contributed by atoms with E-state index < -0.39 is 20.1 Å². The molecule has 4 rings (SSSR count). The van der Waals surface area contributed by atoms with Crippen LogP contribution in [0.15, 0.2) is 30.2 Å². The second kappa shape index (κ2) is 13.5. The van der Waals surface area contributed by atoms with Crippen molar-refractivity contribution in [1.29, 1.82) is 5.41 Å². The summed E-state index contributed by atoms with van der Waals surface area (Å²) in [5, 5.41) is 16.0. The number of anilines is 3. The molecule has 0 radical (unpaired) electrons. The van der Waals surface area contributed by atoms with Gasteiger partial charge in [-0.25, -0.2) is 13.4 Å². The van der Waals surface area contributed by atoms with Crippen molar-refractivity contribution in [2.45, 2.75) is 77.6 Å². The van der Waals surface area contributed by atoms with Crippen molar-refractivity contribution in [3.63, 3.8) is 0 Å². The van der Waals surface area contributed by atoms with Crippen LogP contribution in [-0.4, -0.2) is 65.7 Å². The summed E-state index contributed by atoms with van der Waals surface area (Å²) in [7, 11) is -2.25. The Hall–Kier alpha value is -3.38. The van der Waals surface area contributed by atoms with Gasteiger partial charge in [0.25, 0.3) is 0 Å². The standard InChI is InChI=1S/C30H42ClN7O4S/c1-17(2)29(39)38-11-9-20(10-12-38)22-14-26(42-21-7-8-21)24(13-19(22)5)36-30-34-15-23(31)28(37-30)35-25(16-33-6)27(32)43(40,41)18(3)4/h13-18,20-21,32-33H,7-12H2,1-6H3,(H2,34,35,36,37)/b25-16+,32-27?. The maximum Gasteiger partial charge on any atom is 0.229 e. The van der Waals surface area contributed by atoms with Crippen molar-refractivity contribution < 1.29 is 17.9 Å². The van der Waals surface area contributed by atoms with Crippen molar-refractivity contribution in [3.8, 4) is 5.75 Å². The summed E-state index contributed by atoms with van der Waals surface area (Å²) in [6.07, 6.45) is 6.73. The van der Waals surface area contributed by atoms with Gasteiger partial charge in [0.1, 0.15) is 10.8 Å². The SMILES string of the molecule is CN/C=C(/Nc1nc(Nc2cc(C)c(C3CCN(C(=O)C(C)C)CC3)cc2OC2CC2)ncc1Cl)C(=N)S(=O)(=O)C(C)C. The molecule has 234 valence electrons. The van der Waals surface area contributed by atoms with Gasteiger partial charge in [0.05, 0.1) is 28.9 Å². The molecule has 4 N–H and O–H groups in total. The number of aryl methyl sites for hydroxylation is 1. The quantitative estimate of drug-likeness (QED) is 0.190. The smallest absolute Gasteiger partial charge is 0.229 e. The van der Waals surface area contributed by atoms with Crippen LogP contribution < -0.4 is 20.7 Å². The lowest BCUT2D eigenvalue weighted by atomic mass is 9.86. The summed E-state index contributed by atoms with van der Waals surface area (Å²) < 4.78 is 31.6. The van der Waals surface area contributed by atoms with Gasteiger partial charge in [0.15, 0.2) is 20.7 Å². The minimum atomic E-state index is -3.86. The lowest BCUT2D eigenvalue weighted by molar-refractivity contribution is -0.135. The van der Waals surface area contributed by atoms with Gasteiger partial charge in [-0.15, -0.1) is 0 Å². The van der Waals surface area contributed by atoms with Crippen molar-refractivity contribution in [1.82, 2.24) is 20.2 Å². The molecule has 1 aromatic carbocycles. The first-order valence-electron chi connectivity index (χ1n) is 14.7. The molecule has 1 saturated heterocycles. The predicted octanol–water partition coefficient (Wildman–Crippen LogP) is 5.36. The third-order valence-electron chi connectivity index (χ3n) is 7.61. The summed E-state index contributed by atoms with van der Waals surface area (Å²) in [5.41, 5.74) is 3.01. The van der Waals surface area contributed by atoms with E-state index in [4.69, 9.17) is 21.7 Å². The van der Waals surface area contributed by atoms with Gasteiger partial charge in [0, 0.05) is 32.3 Å². The number of carbonyl (C=O) groups is 1. The van der Waals surface area contributed by atoms with E-state index in [2.05, 4.69) is 38.9 Å². The third-order valence-corrected chi connectivity index (χ3v) is 9.92. The number of hydrogen-bond donors (Lipinski definition) is 4. The monoisotopic (exact) mass is 631 g/mol. The molecule has 0 atom stereocenters. The molecular weight excluding hydrogens is 590 g/mol. The normalized spacial score (nSPS) is 16.4. The van der Waals surface area contributed by atoms with Gasteiger partial charge in [-0.3, -0.25) is 10.2 Å². The zero-order chi connectivity index (χ0) is 31.5. The molecule has 0 bridgehead atoms. The van der Waals surface area contributed by atoms with E-state index >= 15 is 0 Å². The van der Waals surface area contributed by atoms with Gasteiger partial charge >= 0.3 is 0 Å². The zero-order valence-corrected chi connectivity index (χ0v) is 27.2. The van der Waals surface area contributed by atoms with E-state index in [-0.39, 0.29) is 40.4 Å². The van der Waals surface area contributed by atoms with Crippen LogP contribution in [0, 0.1) is 18.3 Å². The lowest BCUT2D eigenvalue weighted by Crippen LogP contribution is -2.40. The van der Waals surface area contributed by atoms with Crippen molar-refractivity contribution in [3.05, 3.63) is 46.4 Å². The number of carbonyl (C=O) groups excluding carboxylic acids is 1. The van der Waals surface area contributed by atoms with Crippen LogP contribution >= 0.6 is 11.6 Å². The number of rotatable bonds is 11. The number of hydrogen-bond acceptors (Lipinski definition) is 10. The van der Waals surface area contributed by atoms with E-state index in [0.29, 0.717) is 17.4 Å². The Balaban J connectivity index is 1.58. The Morgan fingerprint density at radius 1 is 1.16 bits per heavy atom. The van der Waals surface area contributed by atoms with Crippen LogP contribution in [-0.2, 0) is 14.6 Å². The highest BCUT2D eigenvalue weighted by molar-refractivity contribution is 8.07. The average Bonchev–Trinajstić information content (AvgIpc) is 3.79. The molecule has 1 saturated carbocycles. The maximum atomic E-state index is 12.7. The first-order valence-corrected chi connectivity index (χ1v) is 16.6. The molecule has 2 aliphatic rings. The molecule has 1 aliphatic heterocycles. The number of amides is 1. The van der Waals surface area contributed by atoms with Crippen LogP contribution in [0.25, 0.3) is 0 Å². The highest BCUT2D eigenvalue weighted by Crippen LogP contribution is 2.40. The molecule has 0 unspecified atom stereocenters. The van der Waals surface area contributed by atoms with Gasteiger partial charge in [-0.2, -0.15) is 4.98 Å². The van der Waals surface area contributed by atoms with Crippen LogP contribution in [0.3, 0.4) is 0 Å². The lowest BCUT2D eigenvalue weighted by Gasteiger charge is -2.34. The fraction of sp³-hybridized carbons (Fsp3) is 0.533. The summed E-state index contributed by atoms with van der Waals surface area (Å²) in [4.78, 5) is 23.3. The number of ether oxygens (including phenoxy) is 1. The summed E-state index contributed by atoms with van der Waals surface area (Å²) in [6.45, 7) is 10.5. The first-order chi connectivity index (χ1) is 20.3. The van der Waals surface area contributed by atoms with Crippen LogP contribution in [0.2, 0.25) is 5.02 Å². The van der Waals surface area contributed by atoms with E-state index in [1.165, 1.54) is 31.8 Å². The van der Waals surface area contributed by atoms with Crippen LogP contribution in [0.4, 0.5) is 17.5 Å². The second-order valence-electron chi connectivity index (χ2n) is 11.7. The number of piperidine rings is 1. The zero-order valence-electron chi connectivity index (χ0n) is 25.6. The van der Waals surface area contributed by atoms with Crippen LogP contribution in [0.1, 0.15) is 70.4 Å². The predicted molar refractivity (Wildman–Crippen MR) is 171 cm³/mol. The highest BCUT2D eigenvalue weighted by Gasteiger charge is 2.30. The maximum absolute atomic E-state index is 12.7. The van der Waals surface area contributed by atoms with Crippen molar-refractivity contribution in [2.24, 2.45) is 5.92 Å². The molecule has 1 amide bonds. The molecule has 1 aromatic heterocycles. The number of nitrogens with zero attached hydrogens (tertiary/aromatic N) is 3. The number of sulfone groups is 1. The largest absolute Gasteiger partial charge is 0.488 e. The Labute approximate surface area is 259 Å². The van der Waals surface area contributed by atoms with E-state index in [1.54, 1.807) is 7.05 Å². The molecule has 0 spiro atoms. The van der Waals surface area contributed by atoms with Crippen molar-refractivity contribution in [2.75, 3.05) is 30.8 Å². The molecule has 2 fully saturated rings. The van der Waals surface area contributed by atoms with E-state index in [0.717, 1.165) is 44.3 Å². The van der Waals surface area contributed by atoms with E-state index in [9.17, 15) is 13.2 Å². The van der Waals surface area contributed by atoms with Gasteiger partial charge in [0.2, 0.25) is 11.9 Å². The summed E-state index contributed by atoms with van der Waals surface area (Å²) in [6, 6.07) is 4.13. The van der Waals surface area contributed by atoms with Gasteiger partial charge in [-0.1, -0.05) is 25.4 Å². The number of likely N-dealkylation sites (tertiary alicyclic amines) is 1. The Morgan fingerprint density at radius 2 is 1.84 bits per heavy atom. The molecule has 11 nitrogen and oxygen atoms in total. The van der Waals surface area contributed by atoms with Crippen LogP contribution in [0.5, 0.6) is 5.75 Å². The summed E-state index contributed by atoms with van der Waals surface area (Å²) in [5.74, 6) is 1.60. The average molecular weight is 632 g/mol. The Bertz CT molecular complexity index is 1500. The number of halogens is 1. The number of aromatic nitrogens is 2. The Morgan fingerprint density at radius 3 is 2.42 bits per heavy atom. The summed E-state index contributed by atoms with van der Waals surface area (Å²) >= 11 is 6.38. The fourth-order valence-corrected chi connectivity index (χ4v) is 5.96. The fourth-order valence-electron chi connectivity index (χ4n) is 4.94. The first kappa shape index (κ1) is 32.5. The van der Waals surface area contributed by atoms with Crippen molar-refractivity contribution >= 4 is 49.8 Å². The highest BCUT2D eigenvalue weighted by atomic mass is 35.5. The third kappa shape index (κ3) is 7.77. The topological polar surface area (TPSA) is 149 Å². The van der Waals surface area contributed by atoms with Gasteiger partial charge < -0.3 is 25.6 Å². The van der Waals surface area contributed by atoms with E-state index in [1.807, 2.05) is 24.8 Å². The molecule has 1 aliphatic carbocycles. The second-order valence-corrected chi connectivity index (χ2v) is 14.5. The minimum absolute atomic E-state index is 0.000791. The molecule has 43 heavy (non-hydrogen) atoms. The molecule has 2 aromatic rings. The minimum Gasteiger partial charge on any atom is -0.488 e.